The number of carbonyl (C=O) groups is 2. The van der Waals surface area contributed by atoms with Crippen LogP contribution in [0.5, 0.6) is 0 Å². The van der Waals surface area contributed by atoms with Crippen molar-refractivity contribution in [1.29, 1.82) is 0 Å². The largest absolute Gasteiger partial charge is 0.447 e. The van der Waals surface area contributed by atoms with Crippen molar-refractivity contribution < 1.29 is 19.2 Å². The lowest BCUT2D eigenvalue weighted by atomic mass is 9.95. The van der Waals surface area contributed by atoms with Gasteiger partial charge in [-0.15, -0.1) is 4.68 Å². The van der Waals surface area contributed by atoms with Crippen molar-refractivity contribution in [2.24, 2.45) is 13.0 Å². The van der Waals surface area contributed by atoms with Crippen LogP contribution in [0.15, 0.2) is 6.20 Å². The molecule has 0 aromatic carbocycles. The first-order chi connectivity index (χ1) is 12.8. The molecule has 3 heterocycles. The van der Waals surface area contributed by atoms with Gasteiger partial charge >= 0.3 is 11.9 Å². The van der Waals surface area contributed by atoms with Crippen LogP contribution in [0.1, 0.15) is 43.5 Å². The van der Waals surface area contributed by atoms with E-state index in [0.717, 1.165) is 11.1 Å². The topological polar surface area (TPSA) is 111 Å². The van der Waals surface area contributed by atoms with Crippen molar-refractivity contribution in [1.82, 2.24) is 19.6 Å². The van der Waals surface area contributed by atoms with Gasteiger partial charge in [-0.1, -0.05) is 25.4 Å². The first-order valence-electron chi connectivity index (χ1n) is 9.25. The van der Waals surface area contributed by atoms with Gasteiger partial charge in [0, 0.05) is 19.1 Å². The predicted octanol–water partition coefficient (Wildman–Crippen LogP) is 1.80. The highest BCUT2D eigenvalue weighted by Crippen LogP contribution is 2.29. The molecule has 2 aliphatic heterocycles. The number of ether oxygens (including phenoxy) is 1. The average Bonchev–Trinajstić information content (AvgIpc) is 3.23. The second kappa shape index (κ2) is 7.53. The van der Waals surface area contributed by atoms with E-state index in [1.165, 1.54) is 13.2 Å². The van der Waals surface area contributed by atoms with E-state index in [1.807, 2.05) is 4.90 Å². The van der Waals surface area contributed by atoms with Gasteiger partial charge in [-0.3, -0.25) is 9.69 Å². The van der Waals surface area contributed by atoms with Gasteiger partial charge in [-0.05, 0) is 23.7 Å². The number of likely N-dealkylation sites (tertiary alicyclic amines) is 1. The van der Waals surface area contributed by atoms with Crippen LogP contribution in [0.4, 0.5) is 10.6 Å². The monoisotopic (exact) mass is 379 g/mol. The molecule has 2 saturated heterocycles. The quantitative estimate of drug-likeness (QED) is 0.570. The van der Waals surface area contributed by atoms with E-state index < -0.39 is 10.8 Å². The zero-order valence-corrected chi connectivity index (χ0v) is 15.8. The van der Waals surface area contributed by atoms with Crippen LogP contribution in [0.25, 0.3) is 0 Å². The number of nitrogens with zero attached hydrogens (tertiary/aromatic N) is 5. The highest BCUT2D eigenvalue weighted by molar-refractivity contribution is 5.97. The van der Waals surface area contributed by atoms with Crippen LogP contribution < -0.4 is 0 Å². The van der Waals surface area contributed by atoms with Crippen molar-refractivity contribution in [3.8, 4) is 0 Å². The molecule has 0 N–H and O–H groups in total. The van der Waals surface area contributed by atoms with Gasteiger partial charge in [-0.2, -0.15) is 0 Å². The number of hydrogen-bond acceptors (Lipinski definition) is 6. The summed E-state index contributed by atoms with van der Waals surface area (Å²) in [7, 11) is 1.44. The molecule has 2 fully saturated rings. The van der Waals surface area contributed by atoms with Gasteiger partial charge < -0.3 is 19.8 Å². The zero-order valence-electron chi connectivity index (χ0n) is 15.8. The van der Waals surface area contributed by atoms with E-state index in [9.17, 15) is 19.7 Å². The SMILES string of the molecule is CCC(C)C1COC(=O)N1C1CCN(C(=O)c2cnn(C)c2[N+](=O)[O-])CC1. The number of piperidine rings is 1. The Hall–Kier alpha value is -2.65. The van der Waals surface area contributed by atoms with E-state index in [2.05, 4.69) is 18.9 Å². The van der Waals surface area contributed by atoms with Crippen LogP contribution in [0.3, 0.4) is 0 Å². The van der Waals surface area contributed by atoms with Gasteiger partial charge in [0.1, 0.15) is 13.7 Å². The molecule has 27 heavy (non-hydrogen) atoms. The smallest absolute Gasteiger partial charge is 0.410 e. The molecule has 10 nitrogen and oxygen atoms in total. The summed E-state index contributed by atoms with van der Waals surface area (Å²) in [5.41, 5.74) is -0.000913. The Labute approximate surface area is 157 Å². The highest BCUT2D eigenvalue weighted by Gasteiger charge is 2.42. The fourth-order valence-electron chi connectivity index (χ4n) is 3.89. The molecule has 10 heteroatoms. The Kier molecular flexibility index (Phi) is 5.33. The normalized spacial score (nSPS) is 22.0. The molecule has 0 radical (unpaired) electrons. The summed E-state index contributed by atoms with van der Waals surface area (Å²) in [6, 6.07) is 0.0843. The summed E-state index contributed by atoms with van der Waals surface area (Å²) in [6.45, 7) is 5.49. The van der Waals surface area contributed by atoms with Crippen molar-refractivity contribution in [3.63, 3.8) is 0 Å². The second-order valence-electron chi connectivity index (χ2n) is 7.22. The molecule has 0 spiro atoms. The first kappa shape index (κ1) is 19.1. The maximum absolute atomic E-state index is 12.7. The Morgan fingerprint density at radius 2 is 2.11 bits per heavy atom. The molecule has 2 amide bonds. The van der Waals surface area contributed by atoms with Gasteiger partial charge in [0.15, 0.2) is 5.56 Å². The van der Waals surface area contributed by atoms with Gasteiger partial charge in [0.2, 0.25) is 0 Å². The third-order valence-electron chi connectivity index (χ3n) is 5.70. The van der Waals surface area contributed by atoms with Crippen LogP contribution in [0, 0.1) is 16.0 Å². The Morgan fingerprint density at radius 3 is 2.70 bits per heavy atom. The number of aromatic nitrogens is 2. The number of nitro groups is 1. The number of carbonyl (C=O) groups excluding carboxylic acids is 2. The number of aryl methyl sites for hydroxylation is 1. The van der Waals surface area contributed by atoms with Gasteiger partial charge in [-0.25, -0.2) is 4.79 Å². The van der Waals surface area contributed by atoms with Crippen LogP contribution >= 0.6 is 0 Å². The summed E-state index contributed by atoms with van der Waals surface area (Å²) in [5.74, 6) is -0.355. The highest BCUT2D eigenvalue weighted by atomic mass is 16.6. The molecule has 2 atom stereocenters. The summed E-state index contributed by atoms with van der Waals surface area (Å²) in [4.78, 5) is 39.0. The molecular formula is C17H25N5O5. The summed E-state index contributed by atoms with van der Waals surface area (Å²) < 4.78 is 6.36. The minimum absolute atomic E-state index is 0.000913. The van der Waals surface area contributed by atoms with Crippen molar-refractivity contribution in [2.75, 3.05) is 19.7 Å². The second-order valence-corrected chi connectivity index (χ2v) is 7.22. The fraction of sp³-hybridized carbons (Fsp3) is 0.706. The van der Waals surface area contributed by atoms with Crippen molar-refractivity contribution in [2.45, 2.75) is 45.2 Å². The van der Waals surface area contributed by atoms with Crippen LogP contribution in [-0.4, -0.2) is 68.3 Å². The van der Waals surface area contributed by atoms with Gasteiger partial charge in [0.05, 0.1) is 12.2 Å². The van der Waals surface area contributed by atoms with Gasteiger partial charge in [0.25, 0.3) is 5.91 Å². The lowest BCUT2D eigenvalue weighted by Gasteiger charge is -2.39. The minimum atomic E-state index is -0.593. The number of rotatable bonds is 5. The van der Waals surface area contributed by atoms with E-state index >= 15 is 0 Å². The maximum Gasteiger partial charge on any atom is 0.410 e. The van der Waals surface area contributed by atoms with Crippen molar-refractivity contribution >= 4 is 17.8 Å². The molecular weight excluding hydrogens is 354 g/mol. The molecule has 2 aliphatic rings. The first-order valence-corrected chi connectivity index (χ1v) is 9.25. The molecule has 1 aromatic heterocycles. The standard InChI is InChI=1S/C17H25N5O5/c1-4-11(2)14-10-27-17(24)21(14)12-5-7-20(8-6-12)16(23)13-9-18-19(3)15(13)22(25)26/h9,11-12,14H,4-8,10H2,1-3H3. The van der Waals surface area contributed by atoms with Crippen molar-refractivity contribution in [3.05, 3.63) is 21.9 Å². The predicted molar refractivity (Wildman–Crippen MR) is 95.2 cm³/mol. The molecule has 0 aliphatic carbocycles. The number of amides is 2. The molecule has 1 aromatic rings. The molecule has 0 saturated carbocycles. The van der Waals surface area contributed by atoms with Crippen LogP contribution in [-0.2, 0) is 11.8 Å². The summed E-state index contributed by atoms with van der Waals surface area (Å²) >= 11 is 0. The van der Waals surface area contributed by atoms with E-state index in [4.69, 9.17) is 4.74 Å². The Balaban J connectivity index is 1.68. The molecule has 148 valence electrons. The Bertz CT molecular complexity index is 740. The van der Waals surface area contributed by atoms with Crippen LogP contribution in [0.2, 0.25) is 0 Å². The number of cyclic esters (lactones) is 1. The molecule has 0 bridgehead atoms. The zero-order chi connectivity index (χ0) is 19.7. The fourth-order valence-corrected chi connectivity index (χ4v) is 3.89. The molecule has 3 rings (SSSR count). The summed E-state index contributed by atoms with van der Waals surface area (Å²) in [5, 5.41) is 15.0. The van der Waals surface area contributed by atoms with E-state index in [0.29, 0.717) is 38.5 Å². The molecule has 2 unspecified atom stereocenters. The number of hydrogen-bond donors (Lipinski definition) is 0. The Morgan fingerprint density at radius 1 is 1.44 bits per heavy atom. The van der Waals surface area contributed by atoms with E-state index in [1.54, 1.807) is 4.90 Å². The maximum atomic E-state index is 12.7. The lowest BCUT2D eigenvalue weighted by Crippen LogP contribution is -2.51. The third-order valence-corrected chi connectivity index (χ3v) is 5.70. The third kappa shape index (κ3) is 3.47. The minimum Gasteiger partial charge on any atom is -0.447 e. The van der Waals surface area contributed by atoms with E-state index in [-0.39, 0.29) is 29.6 Å². The average molecular weight is 379 g/mol. The lowest BCUT2D eigenvalue weighted by molar-refractivity contribution is -0.392. The summed E-state index contributed by atoms with van der Waals surface area (Å²) in [6.07, 6.45) is 3.17.